The highest BCUT2D eigenvalue weighted by Gasteiger charge is 2.33. The Morgan fingerprint density at radius 2 is 2.12 bits per heavy atom. The molecule has 0 unspecified atom stereocenters. The summed E-state index contributed by atoms with van der Waals surface area (Å²) in [6.45, 7) is 9.36. The molecule has 0 aromatic carbocycles. The monoisotopic (exact) mass is 344 g/mol. The summed E-state index contributed by atoms with van der Waals surface area (Å²) in [5, 5.41) is 1.02. The van der Waals surface area contributed by atoms with Gasteiger partial charge >= 0.3 is 6.03 Å². The van der Waals surface area contributed by atoms with Gasteiger partial charge in [-0.3, -0.25) is 0 Å². The Bertz CT molecular complexity index is 725. The Hall–Kier alpha value is -2.31. The summed E-state index contributed by atoms with van der Waals surface area (Å²) < 4.78 is 0. The van der Waals surface area contributed by atoms with Crippen LogP contribution < -0.4 is 4.90 Å². The van der Waals surface area contributed by atoms with E-state index in [2.05, 4.69) is 33.8 Å². The minimum absolute atomic E-state index is 0.143. The van der Waals surface area contributed by atoms with E-state index in [0.717, 1.165) is 49.5 Å². The number of aromatic amines is 1. The first-order valence-electron chi connectivity index (χ1n) is 9.11. The predicted octanol–water partition coefficient (Wildman–Crippen LogP) is 2.57. The average molecular weight is 344 g/mol. The summed E-state index contributed by atoms with van der Waals surface area (Å²) in [5.41, 5.74) is 0.844. The van der Waals surface area contributed by atoms with Crippen LogP contribution in [-0.2, 0) is 0 Å². The maximum absolute atomic E-state index is 12.7. The Morgan fingerprint density at radius 3 is 2.84 bits per heavy atom. The zero-order valence-corrected chi connectivity index (χ0v) is 15.6. The molecule has 0 bridgehead atoms. The lowest BCUT2D eigenvalue weighted by atomic mass is 9.92. The molecule has 1 aliphatic heterocycles. The van der Waals surface area contributed by atoms with E-state index in [1.807, 2.05) is 35.9 Å². The summed E-state index contributed by atoms with van der Waals surface area (Å²) in [6.07, 6.45) is 4.48. The molecule has 1 aliphatic rings. The number of nitrogens with one attached hydrogen (secondary N) is 1. The van der Waals surface area contributed by atoms with Crippen LogP contribution in [0.2, 0.25) is 0 Å². The number of aromatic nitrogens is 3. The number of amides is 2. The van der Waals surface area contributed by atoms with Crippen LogP contribution in [0, 0.1) is 5.92 Å². The predicted molar refractivity (Wildman–Crippen MR) is 99.8 cm³/mol. The topological polar surface area (TPSA) is 68.4 Å². The van der Waals surface area contributed by atoms with Gasteiger partial charge in [-0.1, -0.05) is 6.92 Å². The maximum atomic E-state index is 12.7. The molecule has 1 N–H and O–H groups in total. The molecule has 7 nitrogen and oxygen atoms in total. The van der Waals surface area contributed by atoms with Crippen LogP contribution in [0.15, 0.2) is 18.6 Å². The minimum atomic E-state index is 0.143. The second-order valence-electron chi connectivity index (χ2n) is 6.78. The molecule has 0 spiro atoms. The third-order valence-corrected chi connectivity index (χ3v) is 5.39. The van der Waals surface area contributed by atoms with E-state index in [4.69, 9.17) is 0 Å². The van der Waals surface area contributed by atoms with Gasteiger partial charge in [0.15, 0.2) is 0 Å². The van der Waals surface area contributed by atoms with E-state index >= 15 is 0 Å². The first-order valence-corrected chi connectivity index (χ1v) is 9.11. The number of fused-ring (bicyclic) bond motifs is 1. The first kappa shape index (κ1) is 17.5. The molecular weight excluding hydrogens is 316 g/mol. The van der Waals surface area contributed by atoms with Crippen molar-refractivity contribution in [2.24, 2.45) is 5.92 Å². The van der Waals surface area contributed by atoms with Crippen LogP contribution in [0.3, 0.4) is 0 Å². The standard InChI is InChI=1S/C18H28N6O/c1-5-23(6-2)18(25)24-10-8-13(3)15(11-24)22(4)17-14-7-9-19-16(14)20-12-21-17/h7,9,12-13,15H,5-6,8,10-11H2,1-4H3,(H,19,20,21)/t13-,15+/m1/s1. The van der Waals surface area contributed by atoms with Gasteiger partial charge < -0.3 is 19.7 Å². The van der Waals surface area contributed by atoms with E-state index < -0.39 is 0 Å². The number of piperidine rings is 1. The lowest BCUT2D eigenvalue weighted by molar-refractivity contribution is 0.129. The van der Waals surface area contributed by atoms with E-state index in [1.165, 1.54) is 0 Å². The molecule has 3 heterocycles. The molecule has 2 aromatic rings. The van der Waals surface area contributed by atoms with Crippen LogP contribution >= 0.6 is 0 Å². The maximum Gasteiger partial charge on any atom is 0.320 e. The fourth-order valence-corrected chi connectivity index (χ4v) is 3.72. The number of H-pyrrole nitrogens is 1. The highest BCUT2D eigenvalue weighted by atomic mass is 16.2. The molecule has 2 amide bonds. The molecular formula is C18H28N6O. The van der Waals surface area contributed by atoms with Gasteiger partial charge in [0.05, 0.1) is 11.4 Å². The Morgan fingerprint density at radius 1 is 1.36 bits per heavy atom. The van der Waals surface area contributed by atoms with Crippen LogP contribution in [0.1, 0.15) is 27.2 Å². The summed E-state index contributed by atoms with van der Waals surface area (Å²) in [7, 11) is 2.07. The van der Waals surface area contributed by atoms with Gasteiger partial charge in [-0.05, 0) is 32.3 Å². The number of hydrogen-bond acceptors (Lipinski definition) is 4. The van der Waals surface area contributed by atoms with Crippen LogP contribution in [0.25, 0.3) is 11.0 Å². The number of urea groups is 1. The minimum Gasteiger partial charge on any atom is -0.354 e. The normalized spacial score (nSPS) is 20.7. The Kier molecular flexibility index (Phi) is 5.11. The van der Waals surface area contributed by atoms with Gasteiger partial charge in [0.2, 0.25) is 0 Å². The molecule has 2 aromatic heterocycles. The van der Waals surface area contributed by atoms with Crippen molar-refractivity contribution in [3.63, 3.8) is 0 Å². The van der Waals surface area contributed by atoms with E-state index in [0.29, 0.717) is 5.92 Å². The smallest absolute Gasteiger partial charge is 0.320 e. The van der Waals surface area contributed by atoms with Crippen molar-refractivity contribution >= 4 is 22.9 Å². The van der Waals surface area contributed by atoms with E-state index in [1.54, 1.807) is 6.33 Å². The number of likely N-dealkylation sites (tertiary alicyclic amines) is 1. The fourth-order valence-electron chi connectivity index (χ4n) is 3.72. The van der Waals surface area contributed by atoms with Gasteiger partial charge in [-0.15, -0.1) is 0 Å². The molecule has 1 saturated heterocycles. The summed E-state index contributed by atoms with van der Waals surface area (Å²) in [4.78, 5) is 30.8. The fraction of sp³-hybridized carbons (Fsp3) is 0.611. The Labute approximate surface area is 149 Å². The van der Waals surface area contributed by atoms with Crippen molar-refractivity contribution in [1.82, 2.24) is 24.8 Å². The van der Waals surface area contributed by atoms with Crippen LogP contribution in [0.5, 0.6) is 0 Å². The van der Waals surface area contributed by atoms with E-state index in [-0.39, 0.29) is 12.1 Å². The highest BCUT2D eigenvalue weighted by molar-refractivity contribution is 5.87. The SMILES string of the molecule is CCN(CC)C(=O)N1CC[C@@H](C)[C@@H](N(C)c2ncnc3[nH]ccc23)C1. The first-order chi connectivity index (χ1) is 12.1. The van der Waals surface area contributed by atoms with Crippen molar-refractivity contribution in [3.8, 4) is 0 Å². The van der Waals surface area contributed by atoms with Crippen molar-refractivity contribution in [2.45, 2.75) is 33.2 Å². The highest BCUT2D eigenvalue weighted by Crippen LogP contribution is 2.28. The third kappa shape index (κ3) is 3.27. The molecule has 0 aliphatic carbocycles. The molecule has 3 rings (SSSR count). The number of carbonyl (C=O) groups is 1. The van der Waals surface area contributed by atoms with Crippen molar-refractivity contribution < 1.29 is 4.79 Å². The largest absolute Gasteiger partial charge is 0.354 e. The third-order valence-electron chi connectivity index (χ3n) is 5.39. The van der Waals surface area contributed by atoms with Crippen LogP contribution in [-0.4, -0.2) is 70.1 Å². The van der Waals surface area contributed by atoms with Gasteiger partial charge in [-0.25, -0.2) is 14.8 Å². The van der Waals surface area contributed by atoms with Crippen molar-refractivity contribution in [3.05, 3.63) is 18.6 Å². The molecule has 136 valence electrons. The number of likely N-dealkylation sites (N-methyl/N-ethyl adjacent to an activating group) is 1. The quantitative estimate of drug-likeness (QED) is 0.925. The van der Waals surface area contributed by atoms with Gasteiger partial charge in [-0.2, -0.15) is 0 Å². The number of nitrogens with zero attached hydrogens (tertiary/aromatic N) is 5. The van der Waals surface area contributed by atoms with Gasteiger partial charge in [0.25, 0.3) is 0 Å². The van der Waals surface area contributed by atoms with Crippen molar-refractivity contribution in [2.75, 3.05) is 38.1 Å². The summed E-state index contributed by atoms with van der Waals surface area (Å²) >= 11 is 0. The number of anilines is 1. The molecule has 0 saturated carbocycles. The number of carbonyl (C=O) groups excluding carboxylic acids is 1. The number of hydrogen-bond donors (Lipinski definition) is 1. The Balaban J connectivity index is 1.82. The second-order valence-corrected chi connectivity index (χ2v) is 6.78. The molecule has 1 fully saturated rings. The molecule has 7 heteroatoms. The zero-order valence-electron chi connectivity index (χ0n) is 15.6. The molecule has 25 heavy (non-hydrogen) atoms. The lowest BCUT2D eigenvalue weighted by Gasteiger charge is -2.43. The lowest BCUT2D eigenvalue weighted by Crippen LogP contribution is -2.55. The van der Waals surface area contributed by atoms with E-state index in [9.17, 15) is 4.79 Å². The summed E-state index contributed by atoms with van der Waals surface area (Å²) in [6, 6.07) is 2.39. The van der Waals surface area contributed by atoms with Crippen LogP contribution in [0.4, 0.5) is 10.6 Å². The second kappa shape index (κ2) is 7.29. The van der Waals surface area contributed by atoms with Crippen molar-refractivity contribution in [1.29, 1.82) is 0 Å². The summed E-state index contributed by atoms with van der Waals surface area (Å²) in [5.74, 6) is 1.41. The molecule has 0 radical (unpaired) electrons. The zero-order chi connectivity index (χ0) is 18.0. The average Bonchev–Trinajstić information content (AvgIpc) is 3.11. The number of rotatable bonds is 4. The molecule has 2 atom stereocenters. The van der Waals surface area contributed by atoms with Gasteiger partial charge in [0, 0.05) is 39.4 Å². The van der Waals surface area contributed by atoms with Gasteiger partial charge in [0.1, 0.15) is 17.8 Å².